The van der Waals surface area contributed by atoms with E-state index >= 15 is 0 Å². The van der Waals surface area contributed by atoms with Crippen molar-refractivity contribution in [3.05, 3.63) is 78.6 Å². The molecular formula is C24H19N3O. The first kappa shape index (κ1) is 16.6. The van der Waals surface area contributed by atoms with E-state index in [-0.39, 0.29) is 5.92 Å². The fourth-order valence-electron chi connectivity index (χ4n) is 3.45. The number of furan rings is 1. The van der Waals surface area contributed by atoms with Crippen LogP contribution in [0.3, 0.4) is 0 Å². The average Bonchev–Trinajstić information content (AvgIpc) is 3.13. The van der Waals surface area contributed by atoms with Crippen LogP contribution in [0, 0.1) is 0 Å². The highest BCUT2D eigenvalue weighted by atomic mass is 16.3. The van der Waals surface area contributed by atoms with Crippen molar-refractivity contribution in [2.24, 2.45) is 0 Å². The normalized spacial score (nSPS) is 11.5. The number of aromatic nitrogens is 3. The zero-order valence-corrected chi connectivity index (χ0v) is 15.8. The lowest BCUT2D eigenvalue weighted by molar-refractivity contribution is 0.669. The van der Waals surface area contributed by atoms with Crippen molar-refractivity contribution in [3.63, 3.8) is 0 Å². The van der Waals surface area contributed by atoms with Crippen molar-refractivity contribution >= 4 is 21.9 Å². The third-order valence-electron chi connectivity index (χ3n) is 4.84. The Bertz CT molecular complexity index is 1290. The molecule has 0 spiro atoms. The van der Waals surface area contributed by atoms with E-state index < -0.39 is 0 Å². The van der Waals surface area contributed by atoms with Crippen LogP contribution in [0.4, 0.5) is 0 Å². The van der Waals surface area contributed by atoms with Crippen molar-refractivity contribution in [3.8, 4) is 22.8 Å². The Labute approximate surface area is 162 Å². The molecule has 0 saturated heterocycles. The quantitative estimate of drug-likeness (QED) is 0.380. The molecule has 5 rings (SSSR count). The highest BCUT2D eigenvalue weighted by Crippen LogP contribution is 2.35. The monoisotopic (exact) mass is 365 g/mol. The number of rotatable bonds is 3. The van der Waals surface area contributed by atoms with Gasteiger partial charge in [0.25, 0.3) is 0 Å². The lowest BCUT2D eigenvalue weighted by Gasteiger charge is -2.10. The molecule has 0 fully saturated rings. The largest absolute Gasteiger partial charge is 0.456 e. The first-order valence-corrected chi connectivity index (χ1v) is 9.43. The van der Waals surface area contributed by atoms with Gasteiger partial charge in [0.05, 0.1) is 0 Å². The van der Waals surface area contributed by atoms with Gasteiger partial charge in [-0.3, -0.25) is 0 Å². The highest BCUT2D eigenvalue weighted by molar-refractivity contribution is 6.11. The van der Waals surface area contributed by atoms with Crippen LogP contribution >= 0.6 is 0 Å². The predicted octanol–water partition coefficient (Wildman–Crippen LogP) is 6.23. The molecule has 0 saturated carbocycles. The van der Waals surface area contributed by atoms with E-state index in [2.05, 4.69) is 26.0 Å². The van der Waals surface area contributed by atoms with Gasteiger partial charge in [0, 0.05) is 27.8 Å². The summed E-state index contributed by atoms with van der Waals surface area (Å²) in [5, 5.41) is 2.11. The minimum Gasteiger partial charge on any atom is -0.456 e. The highest BCUT2D eigenvalue weighted by Gasteiger charge is 2.17. The summed E-state index contributed by atoms with van der Waals surface area (Å²) in [5.41, 5.74) is 3.65. The Balaban J connectivity index is 1.81. The summed E-state index contributed by atoms with van der Waals surface area (Å²) >= 11 is 0. The van der Waals surface area contributed by atoms with E-state index in [9.17, 15) is 0 Å². The van der Waals surface area contributed by atoms with Gasteiger partial charge in [0.15, 0.2) is 11.6 Å². The molecule has 5 aromatic rings. The number of benzene rings is 3. The predicted molar refractivity (Wildman–Crippen MR) is 112 cm³/mol. The van der Waals surface area contributed by atoms with Gasteiger partial charge in [-0.15, -0.1) is 0 Å². The van der Waals surface area contributed by atoms with Crippen LogP contribution in [0.25, 0.3) is 44.7 Å². The van der Waals surface area contributed by atoms with Crippen molar-refractivity contribution in [2.75, 3.05) is 0 Å². The molecule has 0 aliphatic carbocycles. The number of hydrogen-bond acceptors (Lipinski definition) is 4. The minimum atomic E-state index is 0.199. The van der Waals surface area contributed by atoms with Crippen LogP contribution in [0.5, 0.6) is 0 Å². The van der Waals surface area contributed by atoms with Gasteiger partial charge in [0.2, 0.25) is 0 Å². The maximum atomic E-state index is 6.04. The Morgan fingerprint density at radius 3 is 2.21 bits per heavy atom. The number of hydrogen-bond donors (Lipinski definition) is 0. The summed E-state index contributed by atoms with van der Waals surface area (Å²) in [6.45, 7) is 4.20. The molecule has 2 aromatic heterocycles. The molecule has 0 aliphatic heterocycles. The van der Waals surface area contributed by atoms with E-state index in [0.29, 0.717) is 11.6 Å². The van der Waals surface area contributed by atoms with Crippen molar-refractivity contribution in [1.29, 1.82) is 0 Å². The van der Waals surface area contributed by atoms with Crippen molar-refractivity contribution in [2.45, 2.75) is 19.8 Å². The molecule has 136 valence electrons. The Morgan fingerprint density at radius 2 is 1.39 bits per heavy atom. The second kappa shape index (κ2) is 6.57. The summed E-state index contributed by atoms with van der Waals surface area (Å²) < 4.78 is 6.04. The Kier molecular flexibility index (Phi) is 3.90. The summed E-state index contributed by atoms with van der Waals surface area (Å²) in [6.07, 6.45) is 0. The molecule has 0 unspecified atom stereocenters. The smallest absolute Gasteiger partial charge is 0.164 e. The van der Waals surface area contributed by atoms with Crippen LogP contribution in [-0.4, -0.2) is 15.0 Å². The fraction of sp³-hybridized carbons (Fsp3) is 0.125. The SMILES string of the molecule is CC(C)c1nc(-c2ccccc2)nc(-c2cccc3oc4ccccc4c23)n1. The first-order chi connectivity index (χ1) is 13.7. The third kappa shape index (κ3) is 2.74. The average molecular weight is 365 g/mol. The summed E-state index contributed by atoms with van der Waals surface area (Å²) in [5.74, 6) is 2.35. The fourth-order valence-corrected chi connectivity index (χ4v) is 3.45. The molecular weight excluding hydrogens is 346 g/mol. The Morgan fingerprint density at radius 1 is 0.679 bits per heavy atom. The van der Waals surface area contributed by atoms with Crippen LogP contribution in [0.2, 0.25) is 0 Å². The van der Waals surface area contributed by atoms with Crippen LogP contribution in [-0.2, 0) is 0 Å². The molecule has 0 amide bonds. The van der Waals surface area contributed by atoms with Crippen molar-refractivity contribution < 1.29 is 4.42 Å². The minimum absolute atomic E-state index is 0.199. The zero-order valence-electron chi connectivity index (χ0n) is 15.8. The molecule has 0 radical (unpaired) electrons. The first-order valence-electron chi connectivity index (χ1n) is 9.43. The molecule has 0 N–H and O–H groups in total. The third-order valence-corrected chi connectivity index (χ3v) is 4.84. The summed E-state index contributed by atoms with van der Waals surface area (Å²) in [6, 6.07) is 24.1. The van der Waals surface area contributed by atoms with E-state index in [4.69, 9.17) is 19.4 Å². The van der Waals surface area contributed by atoms with Gasteiger partial charge in [-0.1, -0.05) is 74.5 Å². The lowest BCUT2D eigenvalue weighted by atomic mass is 10.1. The van der Waals surface area contributed by atoms with Gasteiger partial charge >= 0.3 is 0 Å². The molecule has 2 heterocycles. The zero-order chi connectivity index (χ0) is 19.1. The molecule has 0 atom stereocenters. The topological polar surface area (TPSA) is 51.8 Å². The maximum Gasteiger partial charge on any atom is 0.164 e. The van der Waals surface area contributed by atoms with Crippen LogP contribution in [0.15, 0.2) is 77.2 Å². The molecule has 28 heavy (non-hydrogen) atoms. The molecule has 4 heteroatoms. The summed E-state index contributed by atoms with van der Waals surface area (Å²) in [4.78, 5) is 14.3. The second-order valence-corrected chi connectivity index (χ2v) is 7.14. The lowest BCUT2D eigenvalue weighted by Crippen LogP contribution is -2.04. The standard InChI is InChI=1S/C24H19N3O/c1-15(2)22-25-23(16-9-4-3-5-10-16)27-24(26-22)18-12-8-14-20-21(18)17-11-6-7-13-19(17)28-20/h3-15H,1-2H3. The summed E-state index contributed by atoms with van der Waals surface area (Å²) in [7, 11) is 0. The van der Waals surface area contributed by atoms with E-state index in [1.54, 1.807) is 0 Å². The number of nitrogens with zero attached hydrogens (tertiary/aromatic N) is 3. The van der Waals surface area contributed by atoms with Gasteiger partial charge in [-0.05, 0) is 12.1 Å². The molecule has 0 bridgehead atoms. The van der Waals surface area contributed by atoms with E-state index in [1.807, 2.05) is 60.7 Å². The number of fused-ring (bicyclic) bond motifs is 3. The van der Waals surface area contributed by atoms with Gasteiger partial charge in [-0.2, -0.15) is 0 Å². The van der Waals surface area contributed by atoms with Crippen LogP contribution in [0.1, 0.15) is 25.6 Å². The van der Waals surface area contributed by atoms with Crippen molar-refractivity contribution in [1.82, 2.24) is 15.0 Å². The van der Waals surface area contributed by atoms with Gasteiger partial charge < -0.3 is 4.42 Å². The van der Waals surface area contributed by atoms with Gasteiger partial charge in [0.1, 0.15) is 17.0 Å². The molecule has 0 aliphatic rings. The Hall–Kier alpha value is -3.53. The number of para-hydroxylation sites is 1. The second-order valence-electron chi connectivity index (χ2n) is 7.14. The van der Waals surface area contributed by atoms with E-state index in [0.717, 1.165) is 38.9 Å². The van der Waals surface area contributed by atoms with Gasteiger partial charge in [-0.25, -0.2) is 15.0 Å². The van der Waals surface area contributed by atoms with E-state index in [1.165, 1.54) is 0 Å². The maximum absolute atomic E-state index is 6.04. The molecule has 3 aromatic carbocycles. The molecule has 4 nitrogen and oxygen atoms in total. The van der Waals surface area contributed by atoms with Crippen LogP contribution < -0.4 is 0 Å².